The van der Waals surface area contributed by atoms with Gasteiger partial charge in [-0.05, 0) is 19.1 Å². The van der Waals surface area contributed by atoms with Crippen LogP contribution in [0.15, 0.2) is 30.9 Å². The molecule has 0 aliphatic heterocycles. The minimum Gasteiger partial charge on any atom is -0.369 e. The summed E-state index contributed by atoms with van der Waals surface area (Å²) in [5, 5.41) is 11.1. The van der Waals surface area contributed by atoms with Crippen LogP contribution < -0.4 is 5.32 Å². The van der Waals surface area contributed by atoms with Gasteiger partial charge in [-0.1, -0.05) is 0 Å². The normalized spacial score (nSPS) is 10.1. The Morgan fingerprint density at radius 1 is 1.36 bits per heavy atom. The molecule has 5 heteroatoms. The average Bonchev–Trinajstić information content (AvgIpc) is 2.72. The number of rotatable bonds is 3. The van der Waals surface area contributed by atoms with E-state index in [2.05, 4.69) is 20.5 Å². The van der Waals surface area contributed by atoms with E-state index >= 15 is 0 Å². The summed E-state index contributed by atoms with van der Waals surface area (Å²) in [4.78, 5) is 3.94. The third-order valence-electron chi connectivity index (χ3n) is 1.78. The summed E-state index contributed by atoms with van der Waals surface area (Å²) >= 11 is 0. The van der Waals surface area contributed by atoms with Crippen LogP contribution in [0.25, 0.3) is 5.82 Å². The summed E-state index contributed by atoms with van der Waals surface area (Å²) in [6, 6.07) is 3.79. The first-order valence-corrected chi connectivity index (χ1v) is 4.46. The molecule has 5 nitrogen and oxygen atoms in total. The van der Waals surface area contributed by atoms with Gasteiger partial charge >= 0.3 is 0 Å². The SMILES string of the molecule is CCNc1ccc(-n2ccnc2)nn1. The van der Waals surface area contributed by atoms with Crippen molar-refractivity contribution in [3.8, 4) is 5.82 Å². The molecule has 0 saturated heterocycles. The molecule has 0 aliphatic rings. The highest BCUT2D eigenvalue weighted by Gasteiger charge is 1.97. The van der Waals surface area contributed by atoms with Gasteiger partial charge in [-0.15, -0.1) is 10.2 Å². The topological polar surface area (TPSA) is 55.6 Å². The molecule has 0 aliphatic carbocycles. The molecule has 2 rings (SSSR count). The molecule has 0 saturated carbocycles. The van der Waals surface area contributed by atoms with Gasteiger partial charge in [0.1, 0.15) is 12.1 Å². The fraction of sp³-hybridized carbons (Fsp3) is 0.222. The Bertz CT molecular complexity index is 378. The molecule has 0 atom stereocenters. The van der Waals surface area contributed by atoms with Gasteiger partial charge in [-0.2, -0.15) is 0 Å². The lowest BCUT2D eigenvalue weighted by atomic mass is 10.5. The average molecular weight is 189 g/mol. The monoisotopic (exact) mass is 189 g/mol. The molecule has 2 aromatic rings. The van der Waals surface area contributed by atoms with Gasteiger partial charge in [-0.25, -0.2) is 4.98 Å². The van der Waals surface area contributed by atoms with E-state index in [1.807, 2.05) is 29.8 Å². The zero-order valence-corrected chi connectivity index (χ0v) is 7.88. The van der Waals surface area contributed by atoms with Crippen molar-refractivity contribution >= 4 is 5.82 Å². The van der Waals surface area contributed by atoms with Crippen LogP contribution >= 0.6 is 0 Å². The molecule has 2 aromatic heterocycles. The van der Waals surface area contributed by atoms with Gasteiger partial charge in [0.2, 0.25) is 0 Å². The minimum atomic E-state index is 0.768. The molecular weight excluding hydrogens is 178 g/mol. The second kappa shape index (κ2) is 3.87. The van der Waals surface area contributed by atoms with Crippen molar-refractivity contribution in [2.24, 2.45) is 0 Å². The summed E-state index contributed by atoms with van der Waals surface area (Å²) in [5.74, 6) is 1.56. The molecule has 0 bridgehead atoms. The third-order valence-corrected chi connectivity index (χ3v) is 1.78. The predicted molar refractivity (Wildman–Crippen MR) is 53.3 cm³/mol. The number of aromatic nitrogens is 4. The van der Waals surface area contributed by atoms with Gasteiger partial charge in [-0.3, -0.25) is 4.57 Å². The Kier molecular flexibility index (Phi) is 2.40. The Hall–Kier alpha value is -1.91. The molecule has 14 heavy (non-hydrogen) atoms. The standard InChI is InChI=1S/C9H11N5/c1-2-11-8-3-4-9(13-12-8)14-6-5-10-7-14/h3-7H,2H2,1H3,(H,11,12). The number of nitrogens with one attached hydrogen (secondary N) is 1. The van der Waals surface area contributed by atoms with Crippen LogP contribution in [0.2, 0.25) is 0 Å². The number of anilines is 1. The molecular formula is C9H11N5. The lowest BCUT2D eigenvalue weighted by Gasteiger charge is -2.02. The first kappa shape index (κ1) is 8.68. The Morgan fingerprint density at radius 3 is 2.86 bits per heavy atom. The summed E-state index contributed by atoms with van der Waals surface area (Å²) in [7, 11) is 0. The van der Waals surface area contributed by atoms with Crippen LogP contribution in [-0.4, -0.2) is 26.3 Å². The smallest absolute Gasteiger partial charge is 0.160 e. The molecule has 0 spiro atoms. The van der Waals surface area contributed by atoms with Crippen molar-refractivity contribution in [1.29, 1.82) is 0 Å². The second-order valence-corrected chi connectivity index (χ2v) is 2.78. The highest BCUT2D eigenvalue weighted by molar-refractivity contribution is 5.35. The maximum atomic E-state index is 4.05. The van der Waals surface area contributed by atoms with Crippen LogP contribution in [0, 0.1) is 0 Å². The van der Waals surface area contributed by atoms with Crippen molar-refractivity contribution < 1.29 is 0 Å². The molecule has 2 heterocycles. The van der Waals surface area contributed by atoms with Crippen molar-refractivity contribution in [2.45, 2.75) is 6.92 Å². The lowest BCUT2D eigenvalue weighted by Crippen LogP contribution is -2.02. The van der Waals surface area contributed by atoms with Crippen molar-refractivity contribution in [3.05, 3.63) is 30.9 Å². The van der Waals surface area contributed by atoms with Crippen LogP contribution in [0.4, 0.5) is 5.82 Å². The van der Waals surface area contributed by atoms with Gasteiger partial charge in [0.15, 0.2) is 5.82 Å². The maximum absolute atomic E-state index is 4.05. The first-order chi connectivity index (χ1) is 6.90. The third kappa shape index (κ3) is 1.71. The molecule has 0 amide bonds. The van der Waals surface area contributed by atoms with Gasteiger partial charge in [0.25, 0.3) is 0 Å². The molecule has 0 aromatic carbocycles. The predicted octanol–water partition coefficient (Wildman–Crippen LogP) is 1.09. The highest BCUT2D eigenvalue weighted by Crippen LogP contribution is 2.05. The fourth-order valence-corrected chi connectivity index (χ4v) is 1.13. The molecule has 0 fully saturated rings. The summed E-state index contributed by atoms with van der Waals surface area (Å²) in [6.45, 7) is 2.87. The molecule has 0 unspecified atom stereocenters. The molecule has 0 radical (unpaired) electrons. The number of nitrogens with zero attached hydrogens (tertiary/aromatic N) is 4. The Balaban J connectivity index is 2.22. The zero-order valence-electron chi connectivity index (χ0n) is 7.88. The fourth-order valence-electron chi connectivity index (χ4n) is 1.13. The minimum absolute atomic E-state index is 0.768. The van der Waals surface area contributed by atoms with Crippen molar-refractivity contribution in [3.63, 3.8) is 0 Å². The van der Waals surface area contributed by atoms with E-state index in [0.29, 0.717) is 0 Å². The maximum Gasteiger partial charge on any atom is 0.160 e. The molecule has 1 N–H and O–H groups in total. The van der Waals surface area contributed by atoms with Crippen molar-refractivity contribution in [1.82, 2.24) is 19.7 Å². The van der Waals surface area contributed by atoms with E-state index in [4.69, 9.17) is 0 Å². The summed E-state index contributed by atoms with van der Waals surface area (Å²) in [6.07, 6.45) is 5.23. The van der Waals surface area contributed by atoms with E-state index in [1.54, 1.807) is 12.5 Å². The van der Waals surface area contributed by atoms with Crippen LogP contribution in [0.5, 0.6) is 0 Å². The number of imidazole rings is 1. The molecule has 72 valence electrons. The van der Waals surface area contributed by atoms with Crippen LogP contribution in [0.3, 0.4) is 0 Å². The van der Waals surface area contributed by atoms with Crippen LogP contribution in [-0.2, 0) is 0 Å². The quantitative estimate of drug-likeness (QED) is 0.785. The summed E-state index contributed by atoms with van der Waals surface area (Å²) < 4.78 is 1.81. The number of hydrogen-bond donors (Lipinski definition) is 1. The van der Waals surface area contributed by atoms with Gasteiger partial charge in [0.05, 0.1) is 0 Å². The lowest BCUT2D eigenvalue weighted by molar-refractivity contribution is 0.910. The van der Waals surface area contributed by atoms with Crippen molar-refractivity contribution in [2.75, 3.05) is 11.9 Å². The highest BCUT2D eigenvalue weighted by atomic mass is 15.2. The van der Waals surface area contributed by atoms with E-state index < -0.39 is 0 Å². The van der Waals surface area contributed by atoms with Gasteiger partial charge in [0, 0.05) is 18.9 Å². The van der Waals surface area contributed by atoms with E-state index in [0.717, 1.165) is 18.2 Å². The van der Waals surface area contributed by atoms with E-state index in [-0.39, 0.29) is 0 Å². The zero-order chi connectivity index (χ0) is 9.80. The van der Waals surface area contributed by atoms with Crippen LogP contribution in [0.1, 0.15) is 6.92 Å². The van der Waals surface area contributed by atoms with E-state index in [1.165, 1.54) is 0 Å². The Labute approximate surface area is 81.8 Å². The second-order valence-electron chi connectivity index (χ2n) is 2.78. The Morgan fingerprint density at radius 2 is 2.29 bits per heavy atom. The van der Waals surface area contributed by atoms with Gasteiger partial charge < -0.3 is 5.32 Å². The first-order valence-electron chi connectivity index (χ1n) is 4.46. The number of hydrogen-bond acceptors (Lipinski definition) is 4. The largest absolute Gasteiger partial charge is 0.369 e. The summed E-state index contributed by atoms with van der Waals surface area (Å²) in [5.41, 5.74) is 0. The van der Waals surface area contributed by atoms with E-state index in [9.17, 15) is 0 Å².